The number of aryl methyl sites for hydroxylation is 1. The van der Waals surface area contributed by atoms with Crippen molar-refractivity contribution >= 4 is 49.1 Å². The first-order valence-electron chi connectivity index (χ1n) is 10.7. The number of aromatic nitrogens is 1. The van der Waals surface area contributed by atoms with Crippen molar-refractivity contribution in [1.82, 2.24) is 4.57 Å². The third kappa shape index (κ3) is 5.22. The molecule has 0 atom stereocenters. The molecule has 1 heterocycles. The number of terminal acetylenes is 1. The summed E-state index contributed by atoms with van der Waals surface area (Å²) in [5.41, 5.74) is 2.64. The average molecular weight is 520 g/mol. The third-order valence-electron chi connectivity index (χ3n) is 5.27. The molecule has 10 heteroatoms. The first-order valence-corrected chi connectivity index (χ1v) is 13.0. The van der Waals surface area contributed by atoms with Crippen molar-refractivity contribution in [2.75, 3.05) is 11.8 Å². The van der Waals surface area contributed by atoms with Gasteiger partial charge in [-0.05, 0) is 61.5 Å². The SMILES string of the molecule is C#CCn1c(=NC(=O)c2ccc(NS(=O)(=O)c3ccc(C)cc3)cc2)sc2cc(C(=O)OC)ccc21. The van der Waals surface area contributed by atoms with E-state index in [-0.39, 0.29) is 17.0 Å². The van der Waals surface area contributed by atoms with Crippen molar-refractivity contribution in [3.8, 4) is 12.3 Å². The highest BCUT2D eigenvalue weighted by Crippen LogP contribution is 2.21. The molecule has 1 amide bonds. The van der Waals surface area contributed by atoms with Crippen LogP contribution in [0.25, 0.3) is 10.2 Å². The molecule has 36 heavy (non-hydrogen) atoms. The van der Waals surface area contributed by atoms with Crippen molar-refractivity contribution in [3.05, 3.63) is 88.2 Å². The quantitative estimate of drug-likeness (QED) is 0.306. The predicted octanol–water partition coefficient (Wildman–Crippen LogP) is 3.97. The number of amides is 1. The van der Waals surface area contributed by atoms with E-state index in [0.29, 0.717) is 16.1 Å². The number of methoxy groups -OCH3 is 1. The van der Waals surface area contributed by atoms with Gasteiger partial charge in [0.2, 0.25) is 0 Å². The number of benzene rings is 3. The minimum atomic E-state index is -3.76. The molecule has 1 N–H and O–H groups in total. The van der Waals surface area contributed by atoms with Gasteiger partial charge in [0.25, 0.3) is 15.9 Å². The number of rotatable bonds is 6. The molecule has 4 aromatic rings. The molecule has 0 fully saturated rings. The highest BCUT2D eigenvalue weighted by atomic mass is 32.2. The lowest BCUT2D eigenvalue weighted by Gasteiger charge is -2.08. The van der Waals surface area contributed by atoms with Gasteiger partial charge in [0, 0.05) is 11.3 Å². The van der Waals surface area contributed by atoms with Crippen LogP contribution in [0.15, 0.2) is 76.6 Å². The van der Waals surface area contributed by atoms with Gasteiger partial charge in [0.05, 0.1) is 34.3 Å². The summed E-state index contributed by atoms with van der Waals surface area (Å²) in [4.78, 5) is 29.5. The molecule has 4 rings (SSSR count). The van der Waals surface area contributed by atoms with Gasteiger partial charge in [-0.15, -0.1) is 6.42 Å². The van der Waals surface area contributed by atoms with Crippen LogP contribution >= 0.6 is 11.3 Å². The maximum absolute atomic E-state index is 12.9. The molecule has 8 nitrogen and oxygen atoms in total. The van der Waals surface area contributed by atoms with E-state index in [2.05, 4.69) is 15.6 Å². The van der Waals surface area contributed by atoms with E-state index < -0.39 is 21.9 Å². The number of sulfonamides is 1. The van der Waals surface area contributed by atoms with Crippen LogP contribution in [0.2, 0.25) is 0 Å². The number of thiazole rings is 1. The summed E-state index contributed by atoms with van der Waals surface area (Å²) < 4.78 is 34.9. The third-order valence-corrected chi connectivity index (χ3v) is 7.70. The van der Waals surface area contributed by atoms with E-state index in [4.69, 9.17) is 11.2 Å². The maximum atomic E-state index is 12.9. The molecular formula is C26H21N3O5S2. The molecule has 1 aromatic heterocycles. The van der Waals surface area contributed by atoms with Gasteiger partial charge in [-0.25, -0.2) is 13.2 Å². The standard InChI is InChI=1S/C26H21N3O5S2/c1-4-15-29-22-14-9-19(25(31)34-3)16-23(22)35-26(29)27-24(30)18-7-10-20(11-8-18)28-36(32,33)21-12-5-17(2)6-13-21/h1,5-14,16,28H,15H2,2-3H3. The van der Waals surface area contributed by atoms with Gasteiger partial charge >= 0.3 is 5.97 Å². The molecular weight excluding hydrogens is 498 g/mol. The zero-order valence-electron chi connectivity index (χ0n) is 19.4. The molecule has 0 aliphatic rings. The van der Waals surface area contributed by atoms with E-state index >= 15 is 0 Å². The number of anilines is 1. The lowest BCUT2D eigenvalue weighted by atomic mass is 10.2. The minimum absolute atomic E-state index is 0.140. The lowest BCUT2D eigenvalue weighted by Crippen LogP contribution is -2.16. The van der Waals surface area contributed by atoms with Crippen molar-refractivity contribution in [1.29, 1.82) is 0 Å². The molecule has 182 valence electrons. The monoisotopic (exact) mass is 519 g/mol. The Hall–Kier alpha value is -4.20. The Bertz CT molecular complexity index is 1670. The topological polar surface area (TPSA) is 107 Å². The van der Waals surface area contributed by atoms with Gasteiger partial charge in [-0.3, -0.25) is 9.52 Å². The van der Waals surface area contributed by atoms with Crippen molar-refractivity contribution in [3.63, 3.8) is 0 Å². The Morgan fingerprint density at radius 3 is 2.36 bits per heavy atom. The Kier molecular flexibility index (Phi) is 7.05. The molecule has 0 saturated heterocycles. The number of hydrogen-bond acceptors (Lipinski definition) is 6. The summed E-state index contributed by atoms with van der Waals surface area (Å²) in [5, 5.41) is 0. The minimum Gasteiger partial charge on any atom is -0.465 e. The fourth-order valence-corrected chi connectivity index (χ4v) is 5.54. The number of carbonyl (C=O) groups excluding carboxylic acids is 2. The molecule has 0 unspecified atom stereocenters. The van der Waals surface area contributed by atoms with Crippen LogP contribution in [-0.4, -0.2) is 32.0 Å². The van der Waals surface area contributed by atoms with Crippen molar-refractivity contribution in [2.45, 2.75) is 18.4 Å². The number of nitrogens with zero attached hydrogens (tertiary/aromatic N) is 2. The Balaban J connectivity index is 1.62. The van der Waals surface area contributed by atoms with Crippen LogP contribution in [0.5, 0.6) is 0 Å². The van der Waals surface area contributed by atoms with Gasteiger partial charge in [-0.2, -0.15) is 4.99 Å². The highest BCUT2D eigenvalue weighted by Gasteiger charge is 2.15. The summed E-state index contributed by atoms with van der Waals surface area (Å²) >= 11 is 1.22. The van der Waals surface area contributed by atoms with Gasteiger partial charge in [-0.1, -0.05) is 35.0 Å². The zero-order valence-corrected chi connectivity index (χ0v) is 21.0. The molecule has 0 aliphatic carbocycles. The number of carbonyl (C=O) groups is 2. The molecule has 0 aliphatic heterocycles. The van der Waals surface area contributed by atoms with Gasteiger partial charge < -0.3 is 9.30 Å². The Morgan fingerprint density at radius 1 is 1.06 bits per heavy atom. The number of esters is 1. The van der Waals surface area contributed by atoms with E-state index in [1.165, 1.54) is 54.8 Å². The smallest absolute Gasteiger partial charge is 0.337 e. The zero-order chi connectivity index (χ0) is 25.9. The number of nitrogens with one attached hydrogen (secondary N) is 1. The van der Waals surface area contributed by atoms with Crippen LogP contribution in [0.4, 0.5) is 5.69 Å². The summed E-state index contributed by atoms with van der Waals surface area (Å²) in [6.07, 6.45) is 5.51. The largest absolute Gasteiger partial charge is 0.465 e. The first kappa shape index (κ1) is 24.9. The van der Waals surface area contributed by atoms with Crippen LogP contribution in [0.1, 0.15) is 26.3 Å². The second-order valence-corrected chi connectivity index (χ2v) is 10.5. The van der Waals surface area contributed by atoms with Crippen LogP contribution in [0.3, 0.4) is 0 Å². The summed E-state index contributed by atoms with van der Waals surface area (Å²) in [5.74, 6) is 1.56. The van der Waals surface area contributed by atoms with E-state index in [9.17, 15) is 18.0 Å². The van der Waals surface area contributed by atoms with Crippen LogP contribution in [-0.2, 0) is 21.3 Å². The Morgan fingerprint density at radius 2 is 1.72 bits per heavy atom. The summed E-state index contributed by atoms with van der Waals surface area (Å²) in [6.45, 7) is 2.06. The molecule has 3 aromatic carbocycles. The fourth-order valence-electron chi connectivity index (χ4n) is 3.41. The summed E-state index contributed by atoms with van der Waals surface area (Å²) in [7, 11) is -2.46. The normalized spacial score (nSPS) is 11.8. The highest BCUT2D eigenvalue weighted by molar-refractivity contribution is 7.92. The van der Waals surface area contributed by atoms with Gasteiger partial charge in [0.15, 0.2) is 4.80 Å². The van der Waals surface area contributed by atoms with E-state index in [1.54, 1.807) is 34.9 Å². The van der Waals surface area contributed by atoms with Gasteiger partial charge in [0.1, 0.15) is 0 Å². The molecule has 0 saturated carbocycles. The number of fused-ring (bicyclic) bond motifs is 1. The van der Waals surface area contributed by atoms with E-state index in [1.807, 2.05) is 6.92 Å². The maximum Gasteiger partial charge on any atom is 0.337 e. The van der Waals surface area contributed by atoms with Crippen molar-refractivity contribution < 1.29 is 22.7 Å². The predicted molar refractivity (Wildman–Crippen MR) is 138 cm³/mol. The first-order chi connectivity index (χ1) is 17.2. The van der Waals surface area contributed by atoms with Crippen molar-refractivity contribution in [2.24, 2.45) is 4.99 Å². The lowest BCUT2D eigenvalue weighted by molar-refractivity contribution is 0.0600. The number of hydrogen-bond donors (Lipinski definition) is 1. The molecule has 0 spiro atoms. The van der Waals surface area contributed by atoms with Crippen LogP contribution in [0, 0.1) is 19.3 Å². The second-order valence-electron chi connectivity index (χ2n) is 7.76. The molecule has 0 bridgehead atoms. The second kappa shape index (κ2) is 10.2. The van der Waals surface area contributed by atoms with E-state index in [0.717, 1.165) is 15.8 Å². The summed E-state index contributed by atoms with van der Waals surface area (Å²) in [6, 6.07) is 17.5. The average Bonchev–Trinajstić information content (AvgIpc) is 3.20. The Labute approximate surface area is 211 Å². The van der Waals surface area contributed by atoms with Crippen LogP contribution < -0.4 is 9.52 Å². The fraction of sp³-hybridized carbons (Fsp3) is 0.115. The number of ether oxygens (including phenoxy) is 1. The molecule has 0 radical (unpaired) electrons.